The van der Waals surface area contributed by atoms with Crippen LogP contribution < -0.4 is 10.6 Å². The molecule has 0 saturated heterocycles. The van der Waals surface area contributed by atoms with Gasteiger partial charge in [-0.05, 0) is 61.4 Å². The van der Waals surface area contributed by atoms with Gasteiger partial charge in [0.05, 0.1) is 11.0 Å². The lowest BCUT2D eigenvalue weighted by Gasteiger charge is -2.23. The standard InChI is InChI=1S/C24H27FN2O2/c25-21-9-5-4-8-20(21)22(28)27-19-12-10-18(11-13-19)24(14-15-24)23(29)26-16-17-6-2-1-3-7-17/h4-5,8-13,17H,1-3,6-7,14-16H2,(H,26,29)(H,27,28). The maximum atomic E-state index is 13.8. The van der Waals surface area contributed by atoms with Gasteiger partial charge in [-0.1, -0.05) is 43.5 Å². The van der Waals surface area contributed by atoms with Crippen LogP contribution in [0, 0.1) is 11.7 Å². The predicted molar refractivity (Wildman–Crippen MR) is 111 cm³/mol. The number of anilines is 1. The van der Waals surface area contributed by atoms with E-state index in [-0.39, 0.29) is 11.5 Å². The minimum absolute atomic E-state index is 0.0114. The first-order chi connectivity index (χ1) is 14.1. The van der Waals surface area contributed by atoms with Crippen LogP contribution in [-0.2, 0) is 10.2 Å². The van der Waals surface area contributed by atoms with Crippen LogP contribution >= 0.6 is 0 Å². The van der Waals surface area contributed by atoms with E-state index in [1.54, 1.807) is 24.3 Å². The van der Waals surface area contributed by atoms with Crippen LogP contribution in [0.15, 0.2) is 48.5 Å². The Balaban J connectivity index is 1.37. The molecule has 152 valence electrons. The van der Waals surface area contributed by atoms with E-state index in [9.17, 15) is 14.0 Å². The SMILES string of the molecule is O=C(Nc1ccc(C2(C(=O)NCC3CCCCC3)CC2)cc1)c1ccccc1F. The molecule has 2 amide bonds. The molecule has 2 saturated carbocycles. The van der Waals surface area contributed by atoms with Crippen molar-refractivity contribution in [1.82, 2.24) is 5.32 Å². The second-order valence-corrected chi connectivity index (χ2v) is 8.31. The third kappa shape index (κ3) is 4.34. The van der Waals surface area contributed by atoms with Crippen molar-refractivity contribution in [3.8, 4) is 0 Å². The van der Waals surface area contributed by atoms with Gasteiger partial charge in [-0.15, -0.1) is 0 Å². The zero-order valence-corrected chi connectivity index (χ0v) is 16.5. The fraction of sp³-hybridized carbons (Fsp3) is 0.417. The molecule has 0 radical (unpaired) electrons. The normalized spacial score (nSPS) is 18.1. The lowest BCUT2D eigenvalue weighted by Crippen LogP contribution is -2.38. The summed E-state index contributed by atoms with van der Waals surface area (Å²) in [5.74, 6) is -0.305. The maximum Gasteiger partial charge on any atom is 0.258 e. The number of halogens is 1. The molecule has 2 N–H and O–H groups in total. The number of carbonyl (C=O) groups excluding carboxylic acids is 2. The van der Waals surface area contributed by atoms with Crippen molar-refractivity contribution >= 4 is 17.5 Å². The monoisotopic (exact) mass is 394 g/mol. The van der Waals surface area contributed by atoms with E-state index >= 15 is 0 Å². The zero-order valence-electron chi connectivity index (χ0n) is 16.5. The van der Waals surface area contributed by atoms with Gasteiger partial charge in [0, 0.05) is 12.2 Å². The Hall–Kier alpha value is -2.69. The average molecular weight is 394 g/mol. The summed E-state index contributed by atoms with van der Waals surface area (Å²) in [5.41, 5.74) is 1.14. The highest BCUT2D eigenvalue weighted by atomic mass is 19.1. The Kier molecular flexibility index (Phi) is 5.65. The van der Waals surface area contributed by atoms with Crippen LogP contribution in [0.1, 0.15) is 60.9 Å². The molecule has 4 rings (SSSR count). The fourth-order valence-corrected chi connectivity index (χ4v) is 4.29. The van der Waals surface area contributed by atoms with Gasteiger partial charge in [-0.2, -0.15) is 0 Å². The molecule has 0 atom stereocenters. The van der Waals surface area contributed by atoms with Crippen molar-refractivity contribution in [2.45, 2.75) is 50.4 Å². The number of hydrogen-bond donors (Lipinski definition) is 2. The number of nitrogens with one attached hydrogen (secondary N) is 2. The van der Waals surface area contributed by atoms with Gasteiger partial charge in [-0.25, -0.2) is 4.39 Å². The summed E-state index contributed by atoms with van der Waals surface area (Å²) in [6.07, 6.45) is 7.98. The van der Waals surface area contributed by atoms with E-state index in [0.29, 0.717) is 11.6 Å². The van der Waals surface area contributed by atoms with Gasteiger partial charge in [0.1, 0.15) is 5.82 Å². The first kappa shape index (κ1) is 19.6. The Labute approximate surface area is 170 Å². The first-order valence-corrected chi connectivity index (χ1v) is 10.5. The van der Waals surface area contributed by atoms with Gasteiger partial charge < -0.3 is 10.6 Å². The molecular formula is C24H27FN2O2. The summed E-state index contributed by atoms with van der Waals surface area (Å²) in [6.45, 7) is 0.775. The molecule has 29 heavy (non-hydrogen) atoms. The fourth-order valence-electron chi connectivity index (χ4n) is 4.29. The number of carbonyl (C=O) groups is 2. The third-order valence-electron chi connectivity index (χ3n) is 6.27. The molecule has 2 aromatic rings. The molecule has 5 heteroatoms. The van der Waals surface area contributed by atoms with Gasteiger partial charge in [0.2, 0.25) is 5.91 Å². The van der Waals surface area contributed by atoms with Crippen LogP contribution in [0.3, 0.4) is 0 Å². The van der Waals surface area contributed by atoms with Crippen molar-refractivity contribution in [3.05, 3.63) is 65.5 Å². The predicted octanol–water partition coefficient (Wildman–Crippen LogP) is 4.81. The van der Waals surface area contributed by atoms with Crippen LogP contribution in [0.5, 0.6) is 0 Å². The molecule has 2 aliphatic rings. The highest BCUT2D eigenvalue weighted by Crippen LogP contribution is 2.48. The van der Waals surface area contributed by atoms with Gasteiger partial charge >= 0.3 is 0 Å². The molecule has 2 aromatic carbocycles. The van der Waals surface area contributed by atoms with Crippen molar-refractivity contribution in [1.29, 1.82) is 0 Å². The van der Waals surface area contributed by atoms with Gasteiger partial charge in [0.25, 0.3) is 5.91 Å². The molecule has 0 unspecified atom stereocenters. The van der Waals surface area contributed by atoms with Crippen LogP contribution in [0.2, 0.25) is 0 Å². The van der Waals surface area contributed by atoms with Crippen LogP contribution in [0.25, 0.3) is 0 Å². The van der Waals surface area contributed by atoms with Crippen LogP contribution in [-0.4, -0.2) is 18.4 Å². The number of benzene rings is 2. The Morgan fingerprint density at radius 1 is 0.966 bits per heavy atom. The number of rotatable bonds is 6. The van der Waals surface area contributed by atoms with Crippen molar-refractivity contribution in [2.75, 3.05) is 11.9 Å². The summed E-state index contributed by atoms with van der Waals surface area (Å²) in [7, 11) is 0. The molecular weight excluding hydrogens is 367 g/mol. The highest BCUT2D eigenvalue weighted by Gasteiger charge is 2.51. The van der Waals surface area contributed by atoms with E-state index in [1.165, 1.54) is 44.2 Å². The van der Waals surface area contributed by atoms with Crippen LogP contribution in [0.4, 0.5) is 10.1 Å². The Morgan fingerprint density at radius 3 is 2.31 bits per heavy atom. The molecule has 0 spiro atoms. The molecule has 2 fully saturated rings. The Bertz CT molecular complexity index is 884. The van der Waals surface area contributed by atoms with Gasteiger partial charge in [0.15, 0.2) is 0 Å². The first-order valence-electron chi connectivity index (χ1n) is 10.5. The Morgan fingerprint density at radius 2 is 1.66 bits per heavy atom. The molecule has 0 heterocycles. The van der Waals surface area contributed by atoms with E-state index in [1.807, 2.05) is 12.1 Å². The molecule has 2 aliphatic carbocycles. The second-order valence-electron chi connectivity index (χ2n) is 8.31. The summed E-state index contributed by atoms with van der Waals surface area (Å²) in [4.78, 5) is 25.1. The number of amides is 2. The van der Waals surface area contributed by atoms with E-state index in [4.69, 9.17) is 0 Å². The lowest BCUT2D eigenvalue weighted by molar-refractivity contribution is -0.123. The summed E-state index contributed by atoms with van der Waals surface area (Å²) in [6, 6.07) is 13.2. The molecule has 4 nitrogen and oxygen atoms in total. The largest absolute Gasteiger partial charge is 0.355 e. The molecule has 0 aromatic heterocycles. The van der Waals surface area contributed by atoms with Gasteiger partial charge in [-0.3, -0.25) is 9.59 Å². The minimum atomic E-state index is -0.548. The van der Waals surface area contributed by atoms with E-state index in [0.717, 1.165) is 24.9 Å². The topological polar surface area (TPSA) is 58.2 Å². The molecule has 0 bridgehead atoms. The summed E-state index contributed by atoms with van der Waals surface area (Å²) < 4.78 is 13.8. The summed E-state index contributed by atoms with van der Waals surface area (Å²) in [5, 5.41) is 5.89. The van der Waals surface area contributed by atoms with Crippen molar-refractivity contribution < 1.29 is 14.0 Å². The quantitative estimate of drug-likeness (QED) is 0.739. The lowest BCUT2D eigenvalue weighted by atomic mass is 9.88. The highest BCUT2D eigenvalue weighted by molar-refractivity contribution is 6.04. The minimum Gasteiger partial charge on any atom is -0.355 e. The average Bonchev–Trinajstić information content (AvgIpc) is 3.56. The van der Waals surface area contributed by atoms with E-state index in [2.05, 4.69) is 10.6 Å². The van der Waals surface area contributed by atoms with E-state index < -0.39 is 17.1 Å². The third-order valence-corrected chi connectivity index (χ3v) is 6.27. The smallest absolute Gasteiger partial charge is 0.258 e. The van der Waals surface area contributed by atoms with Crippen molar-refractivity contribution in [2.24, 2.45) is 5.92 Å². The zero-order chi connectivity index (χ0) is 20.3. The maximum absolute atomic E-state index is 13.8. The molecule has 0 aliphatic heterocycles. The second kappa shape index (κ2) is 8.36. The van der Waals surface area contributed by atoms with Crippen molar-refractivity contribution in [3.63, 3.8) is 0 Å². The number of hydrogen-bond acceptors (Lipinski definition) is 2. The summed E-state index contributed by atoms with van der Waals surface area (Å²) >= 11 is 0.